The molecule has 0 bridgehead atoms. The molecule has 1 aromatic carbocycles. The third-order valence-electron chi connectivity index (χ3n) is 5.94. The molecule has 0 saturated heterocycles. The number of rotatable bonds is 9. The van der Waals surface area contributed by atoms with Crippen LogP contribution < -0.4 is 4.90 Å². The van der Waals surface area contributed by atoms with Gasteiger partial charge in [-0.25, -0.2) is 0 Å². The van der Waals surface area contributed by atoms with Crippen LogP contribution in [0.2, 0.25) is 0 Å². The summed E-state index contributed by atoms with van der Waals surface area (Å²) in [6.45, 7) is 4.94. The Morgan fingerprint density at radius 3 is 2.44 bits per heavy atom. The zero-order valence-electron chi connectivity index (χ0n) is 16.5. The molecule has 1 saturated carbocycles. The highest BCUT2D eigenvalue weighted by Crippen LogP contribution is 2.49. The first-order valence-electron chi connectivity index (χ1n) is 10.5. The van der Waals surface area contributed by atoms with E-state index in [-0.39, 0.29) is 12.2 Å². The fraction of sp³-hybridized carbons (Fsp3) is 0.609. The predicted molar refractivity (Wildman–Crippen MR) is 110 cm³/mol. The van der Waals surface area contributed by atoms with Crippen molar-refractivity contribution >= 4 is 11.3 Å². The van der Waals surface area contributed by atoms with Crippen LogP contribution in [0.3, 0.4) is 0 Å². The van der Waals surface area contributed by atoms with Gasteiger partial charge in [-0.1, -0.05) is 38.3 Å². The number of anilines is 1. The SMILES string of the molecule is CCCCN(CCCCO)c1ccc(C2=C(C#N)COC23CCCC3)cc1. The maximum Gasteiger partial charge on any atom is 0.0976 e. The zero-order valence-corrected chi connectivity index (χ0v) is 16.5. The normalized spacial score (nSPS) is 18.3. The van der Waals surface area contributed by atoms with E-state index in [1.54, 1.807) is 0 Å². The van der Waals surface area contributed by atoms with Crippen LogP contribution in [0.5, 0.6) is 0 Å². The van der Waals surface area contributed by atoms with Crippen molar-refractivity contribution in [3.8, 4) is 6.07 Å². The zero-order chi connectivity index (χ0) is 19.1. The van der Waals surface area contributed by atoms with Crippen molar-refractivity contribution in [1.82, 2.24) is 0 Å². The quantitative estimate of drug-likeness (QED) is 0.643. The van der Waals surface area contributed by atoms with Gasteiger partial charge in [0.2, 0.25) is 0 Å². The van der Waals surface area contributed by atoms with Gasteiger partial charge in [0.1, 0.15) is 0 Å². The summed E-state index contributed by atoms with van der Waals surface area (Å²) in [5.74, 6) is 0. The number of hydrogen-bond donors (Lipinski definition) is 1. The van der Waals surface area contributed by atoms with Crippen molar-refractivity contribution in [2.75, 3.05) is 31.2 Å². The lowest BCUT2D eigenvalue weighted by Crippen LogP contribution is -2.27. The monoisotopic (exact) mass is 368 g/mol. The molecule has 2 aliphatic rings. The van der Waals surface area contributed by atoms with E-state index in [2.05, 4.69) is 42.2 Å². The molecule has 0 unspecified atom stereocenters. The number of hydrogen-bond acceptors (Lipinski definition) is 4. The standard InChI is InChI=1S/C23H32N2O2/c1-2-3-14-25(15-6-7-16-26)21-10-8-19(9-11-21)22-20(17-24)18-27-23(22)12-4-5-13-23/h8-11,26H,2-7,12-16,18H2,1H3. The molecule has 3 rings (SSSR count). The molecule has 0 amide bonds. The maximum absolute atomic E-state index is 9.59. The van der Waals surface area contributed by atoms with Crippen LogP contribution in [0.4, 0.5) is 5.69 Å². The van der Waals surface area contributed by atoms with Crippen LogP contribution in [0.1, 0.15) is 63.9 Å². The summed E-state index contributed by atoms with van der Waals surface area (Å²) < 4.78 is 6.14. The summed E-state index contributed by atoms with van der Waals surface area (Å²) in [5, 5.41) is 18.7. The van der Waals surface area contributed by atoms with Gasteiger partial charge < -0.3 is 14.7 Å². The highest BCUT2D eigenvalue weighted by atomic mass is 16.5. The van der Waals surface area contributed by atoms with Gasteiger partial charge >= 0.3 is 0 Å². The molecule has 0 radical (unpaired) electrons. The lowest BCUT2D eigenvalue weighted by atomic mass is 9.85. The number of ether oxygens (including phenoxy) is 1. The average molecular weight is 369 g/mol. The highest BCUT2D eigenvalue weighted by molar-refractivity contribution is 5.80. The number of aliphatic hydroxyl groups is 1. The van der Waals surface area contributed by atoms with Gasteiger partial charge in [0.05, 0.1) is 23.9 Å². The minimum Gasteiger partial charge on any atom is -0.396 e. The third-order valence-corrected chi connectivity index (χ3v) is 5.94. The van der Waals surface area contributed by atoms with E-state index in [9.17, 15) is 5.26 Å². The average Bonchev–Trinajstić information content (AvgIpc) is 3.32. The van der Waals surface area contributed by atoms with E-state index in [4.69, 9.17) is 9.84 Å². The van der Waals surface area contributed by atoms with E-state index in [0.29, 0.717) is 6.61 Å². The fourth-order valence-electron chi connectivity index (χ4n) is 4.47. The lowest BCUT2D eigenvalue weighted by Gasteiger charge is -2.28. The van der Waals surface area contributed by atoms with E-state index in [1.165, 1.54) is 31.4 Å². The molecular weight excluding hydrogens is 336 g/mol. The molecule has 4 nitrogen and oxygen atoms in total. The third kappa shape index (κ3) is 4.36. The second-order valence-corrected chi connectivity index (χ2v) is 7.77. The van der Waals surface area contributed by atoms with Gasteiger partial charge in [0, 0.05) is 31.0 Å². The van der Waals surface area contributed by atoms with Crippen LogP contribution in [0.15, 0.2) is 29.8 Å². The summed E-state index contributed by atoms with van der Waals surface area (Å²) in [5.41, 5.74) is 4.07. The summed E-state index contributed by atoms with van der Waals surface area (Å²) in [4.78, 5) is 2.42. The molecular formula is C23H32N2O2. The largest absolute Gasteiger partial charge is 0.396 e. The van der Waals surface area contributed by atoms with Gasteiger partial charge in [-0.05, 0) is 49.8 Å². The van der Waals surface area contributed by atoms with Crippen molar-refractivity contribution in [1.29, 1.82) is 5.26 Å². The van der Waals surface area contributed by atoms with E-state index in [1.807, 2.05) is 0 Å². The van der Waals surface area contributed by atoms with Crippen molar-refractivity contribution in [2.45, 2.75) is 63.9 Å². The minimum atomic E-state index is -0.227. The Hall–Kier alpha value is -1.83. The number of nitriles is 1. The Morgan fingerprint density at radius 1 is 1.11 bits per heavy atom. The van der Waals surface area contributed by atoms with E-state index in [0.717, 1.165) is 55.5 Å². The van der Waals surface area contributed by atoms with Gasteiger partial charge in [0.15, 0.2) is 0 Å². The van der Waals surface area contributed by atoms with E-state index >= 15 is 0 Å². The number of aliphatic hydroxyl groups excluding tert-OH is 1. The number of nitrogens with zero attached hydrogens (tertiary/aromatic N) is 2. The molecule has 146 valence electrons. The lowest BCUT2D eigenvalue weighted by molar-refractivity contribution is 0.0376. The summed E-state index contributed by atoms with van der Waals surface area (Å²) >= 11 is 0. The second-order valence-electron chi connectivity index (χ2n) is 7.77. The summed E-state index contributed by atoms with van der Waals surface area (Å²) in [6.07, 6.45) is 8.60. The Labute approximate surface area is 163 Å². The summed E-state index contributed by atoms with van der Waals surface area (Å²) in [7, 11) is 0. The Balaban J connectivity index is 1.81. The smallest absolute Gasteiger partial charge is 0.0976 e. The van der Waals surface area contributed by atoms with Crippen molar-refractivity contribution in [3.63, 3.8) is 0 Å². The van der Waals surface area contributed by atoms with Gasteiger partial charge in [-0.15, -0.1) is 0 Å². The molecule has 0 aromatic heterocycles. The fourth-order valence-corrected chi connectivity index (χ4v) is 4.47. The topological polar surface area (TPSA) is 56.5 Å². The van der Waals surface area contributed by atoms with Gasteiger partial charge in [-0.2, -0.15) is 5.26 Å². The Kier molecular flexibility index (Phi) is 6.93. The Morgan fingerprint density at radius 2 is 1.81 bits per heavy atom. The molecule has 1 spiro atoms. The molecule has 1 N–H and O–H groups in total. The van der Waals surface area contributed by atoms with Crippen LogP contribution in [-0.4, -0.2) is 37.0 Å². The summed E-state index contributed by atoms with van der Waals surface area (Å²) in [6, 6.07) is 11.1. The van der Waals surface area contributed by atoms with Crippen molar-refractivity contribution in [2.24, 2.45) is 0 Å². The first kappa shape index (κ1) is 19.9. The van der Waals surface area contributed by atoms with Gasteiger partial charge in [0.25, 0.3) is 0 Å². The first-order chi connectivity index (χ1) is 13.2. The van der Waals surface area contributed by atoms with Gasteiger partial charge in [-0.3, -0.25) is 0 Å². The molecule has 4 heteroatoms. The minimum absolute atomic E-state index is 0.227. The van der Waals surface area contributed by atoms with E-state index < -0.39 is 0 Å². The first-order valence-corrected chi connectivity index (χ1v) is 10.5. The highest BCUT2D eigenvalue weighted by Gasteiger charge is 2.44. The molecule has 1 fully saturated rings. The number of benzene rings is 1. The Bertz CT molecular complexity index is 681. The molecule has 1 aromatic rings. The van der Waals surface area contributed by atoms with Crippen LogP contribution >= 0.6 is 0 Å². The molecule has 0 atom stereocenters. The van der Waals surface area contributed by atoms with Crippen molar-refractivity contribution < 1.29 is 9.84 Å². The van der Waals surface area contributed by atoms with Crippen LogP contribution in [-0.2, 0) is 4.74 Å². The molecule has 1 heterocycles. The molecule has 27 heavy (non-hydrogen) atoms. The van der Waals surface area contributed by atoms with Crippen LogP contribution in [0.25, 0.3) is 5.57 Å². The number of unbranched alkanes of at least 4 members (excludes halogenated alkanes) is 2. The second kappa shape index (κ2) is 9.39. The predicted octanol–water partition coefficient (Wildman–Crippen LogP) is 4.69. The molecule has 1 aliphatic heterocycles. The van der Waals surface area contributed by atoms with Crippen molar-refractivity contribution in [3.05, 3.63) is 35.4 Å². The maximum atomic E-state index is 9.59. The molecule has 1 aliphatic carbocycles. The van der Waals surface area contributed by atoms with Crippen LogP contribution in [0, 0.1) is 11.3 Å².